The Balaban J connectivity index is 2.61. The average Bonchev–Trinajstić information content (AvgIpc) is 2.32. The molecule has 0 saturated carbocycles. The van der Waals surface area contributed by atoms with Crippen LogP contribution in [0.4, 0.5) is 5.95 Å². The first-order valence-corrected chi connectivity index (χ1v) is 6.97. The number of thioether (sulfide) groups is 1. The van der Waals surface area contributed by atoms with Gasteiger partial charge in [-0.05, 0) is 25.3 Å². The highest BCUT2D eigenvalue weighted by atomic mass is 32.2. The molecule has 0 amide bonds. The van der Waals surface area contributed by atoms with Crippen molar-refractivity contribution < 1.29 is 5.11 Å². The molecule has 0 aliphatic carbocycles. The summed E-state index contributed by atoms with van der Waals surface area (Å²) in [6.45, 7) is 7.22. The Morgan fingerprint density at radius 1 is 1.47 bits per heavy atom. The van der Waals surface area contributed by atoms with E-state index in [9.17, 15) is 0 Å². The van der Waals surface area contributed by atoms with Gasteiger partial charge >= 0.3 is 0 Å². The normalized spacial score (nSPS) is 12.5. The average molecular weight is 255 g/mol. The molecule has 17 heavy (non-hydrogen) atoms. The Morgan fingerprint density at radius 2 is 2.24 bits per heavy atom. The fraction of sp³-hybridized carbons (Fsp3) is 0.667. The van der Waals surface area contributed by atoms with Crippen LogP contribution in [0.1, 0.15) is 26.0 Å². The topological polar surface area (TPSA) is 58.0 Å². The highest BCUT2D eigenvalue weighted by molar-refractivity contribution is 7.99. The summed E-state index contributed by atoms with van der Waals surface area (Å²) in [5.74, 6) is 1.87. The summed E-state index contributed by atoms with van der Waals surface area (Å²) < 4.78 is 0. The fourth-order valence-electron chi connectivity index (χ4n) is 1.21. The van der Waals surface area contributed by atoms with Gasteiger partial charge in [0.1, 0.15) is 5.03 Å². The summed E-state index contributed by atoms with van der Waals surface area (Å²) in [6, 6.07) is 1.98. The Labute approximate surface area is 107 Å². The molecule has 1 heterocycles. The van der Waals surface area contributed by atoms with Gasteiger partial charge in [-0.2, -0.15) is 0 Å². The maximum Gasteiger partial charge on any atom is 0.223 e. The van der Waals surface area contributed by atoms with Crippen molar-refractivity contribution in [3.8, 4) is 0 Å². The zero-order valence-corrected chi connectivity index (χ0v) is 11.5. The lowest BCUT2D eigenvalue weighted by Crippen LogP contribution is -2.07. The molecule has 0 radical (unpaired) electrons. The van der Waals surface area contributed by atoms with E-state index in [1.807, 2.05) is 19.9 Å². The number of hydrogen-bond donors (Lipinski definition) is 2. The van der Waals surface area contributed by atoms with Crippen LogP contribution in [0, 0.1) is 12.8 Å². The molecule has 0 aliphatic rings. The van der Waals surface area contributed by atoms with Gasteiger partial charge in [0.25, 0.3) is 0 Å². The molecular formula is C12H21N3OS. The Bertz CT molecular complexity index is 347. The minimum atomic E-state index is 0.220. The van der Waals surface area contributed by atoms with E-state index in [2.05, 4.69) is 22.2 Å². The number of anilines is 1. The molecule has 0 saturated heterocycles. The summed E-state index contributed by atoms with van der Waals surface area (Å²) in [6.07, 6.45) is 1.06. The van der Waals surface area contributed by atoms with Crippen molar-refractivity contribution in [2.45, 2.75) is 32.2 Å². The molecular weight excluding hydrogens is 234 g/mol. The fourth-order valence-corrected chi connectivity index (χ4v) is 2.18. The maximum atomic E-state index is 8.98. The van der Waals surface area contributed by atoms with E-state index in [1.165, 1.54) is 0 Å². The van der Waals surface area contributed by atoms with E-state index in [1.54, 1.807) is 11.8 Å². The third-order valence-electron chi connectivity index (χ3n) is 2.19. The van der Waals surface area contributed by atoms with Crippen molar-refractivity contribution in [2.24, 2.45) is 5.92 Å². The number of aryl methyl sites for hydroxylation is 1. The first-order chi connectivity index (χ1) is 8.15. The molecule has 1 rings (SSSR count). The summed E-state index contributed by atoms with van der Waals surface area (Å²) in [7, 11) is 0. The largest absolute Gasteiger partial charge is 0.396 e. The Hall–Kier alpha value is -0.810. The van der Waals surface area contributed by atoms with Crippen molar-refractivity contribution in [2.75, 3.05) is 24.2 Å². The molecule has 0 spiro atoms. The van der Waals surface area contributed by atoms with Crippen molar-refractivity contribution in [1.29, 1.82) is 0 Å². The summed E-state index contributed by atoms with van der Waals surface area (Å²) in [4.78, 5) is 8.77. The van der Waals surface area contributed by atoms with Gasteiger partial charge in [0.05, 0.1) is 0 Å². The van der Waals surface area contributed by atoms with Crippen LogP contribution >= 0.6 is 11.8 Å². The number of aliphatic hydroxyl groups excluding tert-OH is 1. The van der Waals surface area contributed by atoms with E-state index in [-0.39, 0.29) is 6.61 Å². The maximum absolute atomic E-state index is 8.98. The van der Waals surface area contributed by atoms with E-state index >= 15 is 0 Å². The minimum absolute atomic E-state index is 0.220. The van der Waals surface area contributed by atoms with Crippen LogP contribution in [0.2, 0.25) is 0 Å². The highest BCUT2D eigenvalue weighted by Gasteiger charge is 2.05. The van der Waals surface area contributed by atoms with E-state index in [0.717, 1.165) is 29.4 Å². The quantitative estimate of drug-likeness (QED) is 0.578. The van der Waals surface area contributed by atoms with E-state index in [4.69, 9.17) is 5.11 Å². The van der Waals surface area contributed by atoms with Gasteiger partial charge in [-0.1, -0.05) is 13.8 Å². The number of aromatic nitrogens is 2. The molecule has 1 aromatic rings. The van der Waals surface area contributed by atoms with E-state index in [0.29, 0.717) is 11.9 Å². The SMILES string of the molecule is CCCNc1nc(C)cc(SCC(C)CO)n1. The van der Waals surface area contributed by atoms with Gasteiger partial charge in [0.2, 0.25) is 5.95 Å². The molecule has 1 aromatic heterocycles. The summed E-state index contributed by atoms with van der Waals surface area (Å²) in [5, 5.41) is 13.1. The smallest absolute Gasteiger partial charge is 0.223 e. The number of hydrogen-bond acceptors (Lipinski definition) is 5. The van der Waals surface area contributed by atoms with Crippen LogP contribution in [0.3, 0.4) is 0 Å². The van der Waals surface area contributed by atoms with E-state index < -0.39 is 0 Å². The van der Waals surface area contributed by atoms with Crippen LogP contribution in [-0.4, -0.2) is 34.0 Å². The summed E-state index contributed by atoms with van der Waals surface area (Å²) >= 11 is 1.66. The Kier molecular flexibility index (Phi) is 6.29. The number of aliphatic hydroxyl groups is 1. The lowest BCUT2D eigenvalue weighted by atomic mass is 10.2. The highest BCUT2D eigenvalue weighted by Crippen LogP contribution is 2.20. The lowest BCUT2D eigenvalue weighted by molar-refractivity contribution is 0.250. The van der Waals surface area contributed by atoms with Crippen LogP contribution in [-0.2, 0) is 0 Å². The predicted molar refractivity (Wildman–Crippen MR) is 72.5 cm³/mol. The molecule has 1 atom stereocenters. The molecule has 4 nitrogen and oxygen atoms in total. The first-order valence-electron chi connectivity index (χ1n) is 5.99. The minimum Gasteiger partial charge on any atom is -0.396 e. The monoisotopic (exact) mass is 255 g/mol. The van der Waals surface area contributed by atoms with Gasteiger partial charge < -0.3 is 10.4 Å². The molecule has 96 valence electrons. The van der Waals surface area contributed by atoms with Crippen LogP contribution in [0.5, 0.6) is 0 Å². The predicted octanol–water partition coefficient (Wildman–Crippen LogP) is 2.33. The van der Waals surface area contributed by atoms with Gasteiger partial charge in [-0.25, -0.2) is 9.97 Å². The van der Waals surface area contributed by atoms with Gasteiger partial charge in [0.15, 0.2) is 0 Å². The number of nitrogens with zero attached hydrogens (tertiary/aromatic N) is 2. The van der Waals surface area contributed by atoms with Gasteiger partial charge in [-0.15, -0.1) is 11.8 Å². The number of nitrogens with one attached hydrogen (secondary N) is 1. The van der Waals surface area contributed by atoms with Crippen LogP contribution in [0.15, 0.2) is 11.1 Å². The van der Waals surface area contributed by atoms with Crippen LogP contribution < -0.4 is 5.32 Å². The molecule has 0 bridgehead atoms. The second kappa shape index (κ2) is 7.50. The molecule has 0 aliphatic heterocycles. The van der Waals surface area contributed by atoms with Crippen LogP contribution in [0.25, 0.3) is 0 Å². The third-order valence-corrected chi connectivity index (χ3v) is 3.43. The number of rotatable bonds is 7. The second-order valence-corrected chi connectivity index (χ2v) is 5.24. The molecule has 5 heteroatoms. The van der Waals surface area contributed by atoms with Crippen molar-refractivity contribution in [1.82, 2.24) is 9.97 Å². The zero-order chi connectivity index (χ0) is 12.7. The zero-order valence-electron chi connectivity index (χ0n) is 10.7. The van der Waals surface area contributed by atoms with Gasteiger partial charge in [0, 0.05) is 24.6 Å². The van der Waals surface area contributed by atoms with Crippen molar-refractivity contribution in [3.63, 3.8) is 0 Å². The lowest BCUT2D eigenvalue weighted by Gasteiger charge is -2.09. The standard InChI is InChI=1S/C12H21N3OS/c1-4-5-13-12-14-10(3)6-11(15-12)17-8-9(2)7-16/h6,9,16H,4-5,7-8H2,1-3H3,(H,13,14,15). The van der Waals surface area contributed by atoms with Crippen molar-refractivity contribution in [3.05, 3.63) is 11.8 Å². The van der Waals surface area contributed by atoms with Crippen molar-refractivity contribution >= 4 is 17.7 Å². The summed E-state index contributed by atoms with van der Waals surface area (Å²) in [5.41, 5.74) is 0.970. The molecule has 1 unspecified atom stereocenters. The first kappa shape index (κ1) is 14.3. The second-order valence-electron chi connectivity index (χ2n) is 4.20. The Morgan fingerprint density at radius 3 is 2.88 bits per heavy atom. The molecule has 0 aromatic carbocycles. The van der Waals surface area contributed by atoms with Gasteiger partial charge in [-0.3, -0.25) is 0 Å². The molecule has 0 fully saturated rings. The third kappa shape index (κ3) is 5.37. The molecule has 2 N–H and O–H groups in total.